The second-order valence-corrected chi connectivity index (χ2v) is 4.51. The molecule has 1 rings (SSSR count). The van der Waals surface area contributed by atoms with Gasteiger partial charge in [-0.15, -0.1) is 0 Å². The predicted molar refractivity (Wildman–Crippen MR) is 59.8 cm³/mol. The first-order chi connectivity index (χ1) is 7.18. The fourth-order valence-corrected chi connectivity index (χ4v) is 1.57. The highest BCUT2D eigenvalue weighted by molar-refractivity contribution is 5.67. The van der Waals surface area contributed by atoms with Crippen molar-refractivity contribution < 1.29 is 9.53 Å². The highest BCUT2D eigenvalue weighted by atomic mass is 16.5. The van der Waals surface area contributed by atoms with E-state index in [1.54, 1.807) is 0 Å². The highest BCUT2D eigenvalue weighted by Gasteiger charge is 2.15. The van der Waals surface area contributed by atoms with Crippen LogP contribution in [0.3, 0.4) is 0 Å². The zero-order valence-electron chi connectivity index (χ0n) is 9.71. The molecule has 1 aliphatic rings. The number of nitrogens with one attached hydrogen (secondary N) is 2. The molecule has 0 saturated carbocycles. The summed E-state index contributed by atoms with van der Waals surface area (Å²) in [5, 5.41) is 6.11. The Labute approximate surface area is 91.8 Å². The van der Waals surface area contributed by atoms with Gasteiger partial charge in [0.25, 0.3) is 0 Å². The molecule has 1 saturated heterocycles. The average molecular weight is 214 g/mol. The SMILES string of the molecule is CC(C)CCOC(=O)NC1CCCNC1. The van der Waals surface area contributed by atoms with Crippen molar-refractivity contribution in [1.82, 2.24) is 10.6 Å². The van der Waals surface area contributed by atoms with E-state index in [4.69, 9.17) is 4.74 Å². The molecule has 0 aliphatic carbocycles. The van der Waals surface area contributed by atoms with E-state index in [0.717, 1.165) is 32.4 Å². The van der Waals surface area contributed by atoms with Gasteiger partial charge in [-0.2, -0.15) is 0 Å². The number of carbonyl (C=O) groups is 1. The quantitative estimate of drug-likeness (QED) is 0.746. The maximum Gasteiger partial charge on any atom is 0.407 e. The molecular weight excluding hydrogens is 192 g/mol. The van der Waals surface area contributed by atoms with Crippen LogP contribution in [0.4, 0.5) is 4.79 Å². The molecule has 4 heteroatoms. The van der Waals surface area contributed by atoms with Crippen molar-refractivity contribution in [2.75, 3.05) is 19.7 Å². The number of hydrogen-bond acceptors (Lipinski definition) is 3. The van der Waals surface area contributed by atoms with Crippen LogP contribution < -0.4 is 10.6 Å². The van der Waals surface area contributed by atoms with Crippen LogP contribution in [0.2, 0.25) is 0 Å². The molecule has 88 valence electrons. The summed E-state index contributed by atoms with van der Waals surface area (Å²) in [4.78, 5) is 11.3. The number of ether oxygens (including phenoxy) is 1. The van der Waals surface area contributed by atoms with E-state index in [9.17, 15) is 4.79 Å². The fourth-order valence-electron chi connectivity index (χ4n) is 1.57. The van der Waals surface area contributed by atoms with Gasteiger partial charge < -0.3 is 15.4 Å². The third-order valence-corrected chi connectivity index (χ3v) is 2.55. The van der Waals surface area contributed by atoms with Gasteiger partial charge in [0.05, 0.1) is 6.61 Å². The molecule has 0 aromatic carbocycles. The van der Waals surface area contributed by atoms with Crippen LogP contribution in [-0.4, -0.2) is 31.8 Å². The van der Waals surface area contributed by atoms with Crippen molar-refractivity contribution >= 4 is 6.09 Å². The minimum atomic E-state index is -0.274. The van der Waals surface area contributed by atoms with E-state index >= 15 is 0 Å². The lowest BCUT2D eigenvalue weighted by Gasteiger charge is -2.23. The Hall–Kier alpha value is -0.770. The van der Waals surface area contributed by atoms with Crippen LogP contribution in [-0.2, 0) is 4.74 Å². The van der Waals surface area contributed by atoms with E-state index in [0.29, 0.717) is 12.5 Å². The Bertz CT molecular complexity index is 189. The summed E-state index contributed by atoms with van der Waals surface area (Å²) < 4.78 is 5.08. The second kappa shape index (κ2) is 6.67. The number of amides is 1. The summed E-state index contributed by atoms with van der Waals surface area (Å²) in [6.45, 7) is 6.67. The molecule has 4 nitrogen and oxygen atoms in total. The van der Waals surface area contributed by atoms with E-state index in [-0.39, 0.29) is 12.1 Å². The van der Waals surface area contributed by atoms with Crippen molar-refractivity contribution in [2.45, 2.75) is 39.2 Å². The molecule has 1 atom stereocenters. The molecule has 1 aliphatic heterocycles. The van der Waals surface area contributed by atoms with Crippen LogP contribution >= 0.6 is 0 Å². The Morgan fingerprint density at radius 2 is 2.40 bits per heavy atom. The molecule has 0 aromatic heterocycles. The fraction of sp³-hybridized carbons (Fsp3) is 0.909. The smallest absolute Gasteiger partial charge is 0.407 e. The van der Waals surface area contributed by atoms with Gasteiger partial charge in [-0.05, 0) is 31.7 Å². The van der Waals surface area contributed by atoms with E-state index < -0.39 is 0 Å². The normalized spacial score (nSPS) is 21.4. The molecule has 1 fully saturated rings. The lowest BCUT2D eigenvalue weighted by molar-refractivity contribution is 0.135. The number of rotatable bonds is 4. The monoisotopic (exact) mass is 214 g/mol. The lowest BCUT2D eigenvalue weighted by Crippen LogP contribution is -2.45. The molecule has 1 amide bonds. The Balaban J connectivity index is 2.06. The van der Waals surface area contributed by atoms with Crippen molar-refractivity contribution in [2.24, 2.45) is 5.92 Å². The topological polar surface area (TPSA) is 50.4 Å². The summed E-state index contributed by atoms with van der Waals surface area (Å²) in [6, 6.07) is 0.241. The predicted octanol–water partition coefficient (Wildman–Crippen LogP) is 1.51. The Morgan fingerprint density at radius 1 is 1.60 bits per heavy atom. The first-order valence-electron chi connectivity index (χ1n) is 5.82. The molecule has 1 unspecified atom stereocenters. The van der Waals surface area contributed by atoms with Crippen LogP contribution in [0.5, 0.6) is 0 Å². The minimum Gasteiger partial charge on any atom is -0.450 e. The van der Waals surface area contributed by atoms with Gasteiger partial charge in [0, 0.05) is 12.6 Å². The summed E-state index contributed by atoms with van der Waals surface area (Å²) in [5.41, 5.74) is 0. The van der Waals surface area contributed by atoms with Crippen LogP contribution in [0, 0.1) is 5.92 Å². The summed E-state index contributed by atoms with van der Waals surface area (Å²) >= 11 is 0. The third-order valence-electron chi connectivity index (χ3n) is 2.55. The summed E-state index contributed by atoms with van der Waals surface area (Å²) in [5.74, 6) is 0.578. The highest BCUT2D eigenvalue weighted by Crippen LogP contribution is 2.02. The largest absolute Gasteiger partial charge is 0.450 e. The van der Waals surface area contributed by atoms with Gasteiger partial charge in [0.15, 0.2) is 0 Å². The zero-order chi connectivity index (χ0) is 11.1. The van der Waals surface area contributed by atoms with Gasteiger partial charge in [0.1, 0.15) is 0 Å². The van der Waals surface area contributed by atoms with Gasteiger partial charge in [0.2, 0.25) is 0 Å². The molecule has 0 aromatic rings. The molecule has 0 radical (unpaired) electrons. The van der Waals surface area contributed by atoms with Gasteiger partial charge >= 0.3 is 6.09 Å². The van der Waals surface area contributed by atoms with Crippen LogP contribution in [0.1, 0.15) is 33.1 Å². The average Bonchev–Trinajstić information content (AvgIpc) is 2.18. The van der Waals surface area contributed by atoms with Crippen LogP contribution in [0.15, 0.2) is 0 Å². The number of alkyl carbamates (subject to hydrolysis) is 1. The van der Waals surface area contributed by atoms with E-state index in [2.05, 4.69) is 24.5 Å². The van der Waals surface area contributed by atoms with Crippen molar-refractivity contribution in [3.05, 3.63) is 0 Å². The summed E-state index contributed by atoms with van der Waals surface area (Å²) in [7, 11) is 0. The Kier molecular flexibility index (Phi) is 5.47. The minimum absolute atomic E-state index is 0.241. The van der Waals surface area contributed by atoms with Gasteiger partial charge in [-0.1, -0.05) is 13.8 Å². The van der Waals surface area contributed by atoms with Crippen LogP contribution in [0.25, 0.3) is 0 Å². The standard InChI is InChI=1S/C11H22N2O2/c1-9(2)5-7-15-11(14)13-10-4-3-6-12-8-10/h9-10,12H,3-8H2,1-2H3,(H,13,14). The van der Waals surface area contributed by atoms with Gasteiger partial charge in [-0.25, -0.2) is 4.79 Å². The molecule has 2 N–H and O–H groups in total. The first-order valence-corrected chi connectivity index (χ1v) is 5.82. The van der Waals surface area contributed by atoms with Crippen molar-refractivity contribution in [1.29, 1.82) is 0 Å². The molecule has 15 heavy (non-hydrogen) atoms. The number of hydrogen-bond donors (Lipinski definition) is 2. The maximum atomic E-state index is 11.3. The summed E-state index contributed by atoms with van der Waals surface area (Å²) in [6.07, 6.45) is 2.82. The second-order valence-electron chi connectivity index (χ2n) is 4.51. The first kappa shape index (κ1) is 12.3. The molecular formula is C11H22N2O2. The Morgan fingerprint density at radius 3 is 3.00 bits per heavy atom. The molecule has 0 bridgehead atoms. The molecule has 1 heterocycles. The zero-order valence-corrected chi connectivity index (χ0v) is 9.71. The van der Waals surface area contributed by atoms with Crippen molar-refractivity contribution in [3.8, 4) is 0 Å². The number of carbonyl (C=O) groups excluding carboxylic acids is 1. The van der Waals surface area contributed by atoms with Gasteiger partial charge in [-0.3, -0.25) is 0 Å². The lowest BCUT2D eigenvalue weighted by atomic mass is 10.1. The van der Waals surface area contributed by atoms with E-state index in [1.807, 2.05) is 0 Å². The third kappa shape index (κ3) is 5.62. The van der Waals surface area contributed by atoms with Crippen molar-refractivity contribution in [3.63, 3.8) is 0 Å². The molecule has 0 spiro atoms. The van der Waals surface area contributed by atoms with E-state index in [1.165, 1.54) is 0 Å². The maximum absolute atomic E-state index is 11.3. The number of piperidine rings is 1.